The predicted octanol–water partition coefficient (Wildman–Crippen LogP) is 3.36. The minimum absolute atomic E-state index is 0. The van der Waals surface area contributed by atoms with E-state index in [-0.39, 0.29) is 24.3 Å². The van der Waals surface area contributed by atoms with Gasteiger partial charge in [0.1, 0.15) is 5.82 Å². The summed E-state index contributed by atoms with van der Waals surface area (Å²) in [4.78, 5) is 4.49. The Hall–Kier alpha value is -2.28. The van der Waals surface area contributed by atoms with E-state index in [2.05, 4.69) is 20.5 Å². The summed E-state index contributed by atoms with van der Waals surface area (Å²) in [6.45, 7) is 2.46. The van der Waals surface area contributed by atoms with E-state index in [1.54, 1.807) is 12.1 Å². The summed E-state index contributed by atoms with van der Waals surface area (Å²) in [5, 5.41) is 10.5. The number of hydrogen-bond acceptors (Lipinski definition) is 4. The molecule has 7 heteroatoms. The number of hydrogen-bond donors (Lipinski definition) is 2. The van der Waals surface area contributed by atoms with Crippen molar-refractivity contribution in [2.45, 2.75) is 6.10 Å². The molecule has 2 aromatic carbocycles. The molecule has 25 heavy (non-hydrogen) atoms. The van der Waals surface area contributed by atoms with E-state index in [0.717, 1.165) is 36.4 Å². The summed E-state index contributed by atoms with van der Waals surface area (Å²) in [7, 11) is 0. The van der Waals surface area contributed by atoms with Gasteiger partial charge < -0.3 is 10.1 Å². The lowest BCUT2D eigenvalue weighted by Gasteiger charge is -2.23. The van der Waals surface area contributed by atoms with Crippen LogP contribution >= 0.6 is 12.4 Å². The highest BCUT2D eigenvalue weighted by Crippen LogP contribution is 2.24. The van der Waals surface area contributed by atoms with E-state index in [1.165, 1.54) is 12.1 Å². The van der Waals surface area contributed by atoms with Crippen molar-refractivity contribution in [1.29, 1.82) is 0 Å². The summed E-state index contributed by atoms with van der Waals surface area (Å²) < 4.78 is 18.8. The predicted molar refractivity (Wildman–Crippen MR) is 96.0 cm³/mol. The van der Waals surface area contributed by atoms with E-state index in [9.17, 15) is 4.39 Å². The number of halogens is 2. The van der Waals surface area contributed by atoms with E-state index in [0.29, 0.717) is 11.6 Å². The Morgan fingerprint density at radius 1 is 1.00 bits per heavy atom. The maximum absolute atomic E-state index is 13.0. The monoisotopic (exact) mass is 360 g/mol. The number of aromatic nitrogens is 3. The number of benzene rings is 2. The second-order valence-electron chi connectivity index (χ2n) is 5.70. The molecular formula is C18H18ClFN4O. The maximum atomic E-state index is 13.0. The lowest BCUT2D eigenvalue weighted by molar-refractivity contribution is 0.0277. The molecule has 1 fully saturated rings. The highest BCUT2D eigenvalue weighted by Gasteiger charge is 2.16. The molecule has 2 heterocycles. The molecule has 0 spiro atoms. The molecule has 2 N–H and O–H groups in total. The Bertz CT molecular complexity index is 814. The van der Waals surface area contributed by atoms with Crippen LogP contribution in [0.5, 0.6) is 0 Å². The summed E-state index contributed by atoms with van der Waals surface area (Å²) >= 11 is 0. The van der Waals surface area contributed by atoms with Crippen LogP contribution in [0.2, 0.25) is 0 Å². The summed E-state index contributed by atoms with van der Waals surface area (Å²) in [6, 6.07) is 14.2. The summed E-state index contributed by atoms with van der Waals surface area (Å²) in [5.41, 5.74) is 2.86. The molecule has 0 radical (unpaired) electrons. The van der Waals surface area contributed by atoms with Gasteiger partial charge in [0.15, 0.2) is 11.6 Å². The highest BCUT2D eigenvalue weighted by molar-refractivity contribution is 5.85. The van der Waals surface area contributed by atoms with Gasteiger partial charge in [0.25, 0.3) is 0 Å². The molecule has 1 aromatic heterocycles. The van der Waals surface area contributed by atoms with E-state index < -0.39 is 0 Å². The Morgan fingerprint density at radius 2 is 1.72 bits per heavy atom. The van der Waals surface area contributed by atoms with Gasteiger partial charge in [-0.1, -0.05) is 24.3 Å². The number of H-pyrrole nitrogens is 1. The molecule has 0 aliphatic carbocycles. The minimum atomic E-state index is -0.270. The van der Waals surface area contributed by atoms with Crippen molar-refractivity contribution >= 4 is 12.4 Å². The first-order chi connectivity index (χ1) is 11.8. The molecule has 0 saturated carbocycles. The first kappa shape index (κ1) is 17.5. The largest absolute Gasteiger partial charge is 0.371 e. The maximum Gasteiger partial charge on any atom is 0.181 e. The van der Waals surface area contributed by atoms with E-state index in [4.69, 9.17) is 4.74 Å². The number of rotatable bonds is 3. The van der Waals surface area contributed by atoms with Crippen LogP contribution in [0.15, 0.2) is 48.5 Å². The fourth-order valence-electron chi connectivity index (χ4n) is 2.75. The molecular weight excluding hydrogens is 343 g/mol. The van der Waals surface area contributed by atoms with E-state index in [1.807, 2.05) is 24.3 Å². The number of morpholine rings is 1. The number of nitrogens with one attached hydrogen (secondary N) is 2. The van der Waals surface area contributed by atoms with Crippen molar-refractivity contribution in [2.24, 2.45) is 0 Å². The summed E-state index contributed by atoms with van der Waals surface area (Å²) in [6.07, 6.45) is 0.0923. The Morgan fingerprint density at radius 3 is 2.40 bits per heavy atom. The fraction of sp³-hybridized carbons (Fsp3) is 0.222. The van der Waals surface area contributed by atoms with Crippen LogP contribution in [0.4, 0.5) is 4.39 Å². The zero-order valence-electron chi connectivity index (χ0n) is 13.4. The van der Waals surface area contributed by atoms with Crippen LogP contribution in [-0.4, -0.2) is 34.9 Å². The first-order valence-electron chi connectivity index (χ1n) is 7.90. The van der Waals surface area contributed by atoms with Gasteiger partial charge in [0, 0.05) is 24.2 Å². The number of aromatic amines is 1. The van der Waals surface area contributed by atoms with Crippen molar-refractivity contribution < 1.29 is 9.13 Å². The SMILES string of the molecule is Cl.Fc1ccc(-c2nc(-c3ccc([C@H]4CNCCO4)cc3)n[nH]2)cc1. The molecule has 1 saturated heterocycles. The van der Waals surface area contributed by atoms with Crippen LogP contribution in [0.1, 0.15) is 11.7 Å². The van der Waals surface area contributed by atoms with Gasteiger partial charge in [0.05, 0.1) is 12.7 Å². The second-order valence-corrected chi connectivity index (χ2v) is 5.70. The standard InChI is InChI=1S/C18H17FN4O.ClH/c19-15-7-5-14(6-8-15)18-21-17(22-23-18)13-3-1-12(2-4-13)16-11-20-9-10-24-16;/h1-8,16,20H,9-11H2,(H,21,22,23);1H/t16-;/m1./s1. The smallest absolute Gasteiger partial charge is 0.181 e. The summed E-state index contributed by atoms with van der Waals surface area (Å²) in [5.74, 6) is 0.964. The number of ether oxygens (including phenoxy) is 1. The third-order valence-electron chi connectivity index (χ3n) is 4.07. The van der Waals surface area contributed by atoms with Crippen LogP contribution in [0.3, 0.4) is 0 Å². The third-order valence-corrected chi connectivity index (χ3v) is 4.07. The highest BCUT2D eigenvalue weighted by atomic mass is 35.5. The molecule has 1 aliphatic rings. The lowest BCUT2D eigenvalue weighted by Crippen LogP contribution is -2.33. The Balaban J connectivity index is 0.00000182. The molecule has 130 valence electrons. The Kier molecular flexibility index (Phi) is 5.43. The Labute approximate surface area is 151 Å². The molecule has 3 aromatic rings. The average Bonchev–Trinajstić information content (AvgIpc) is 3.13. The van der Waals surface area contributed by atoms with Gasteiger partial charge in [-0.05, 0) is 29.8 Å². The fourth-order valence-corrected chi connectivity index (χ4v) is 2.75. The van der Waals surface area contributed by atoms with Crippen LogP contribution in [0.25, 0.3) is 22.8 Å². The first-order valence-corrected chi connectivity index (χ1v) is 7.90. The van der Waals surface area contributed by atoms with Crippen molar-refractivity contribution in [3.8, 4) is 22.8 Å². The zero-order valence-corrected chi connectivity index (χ0v) is 14.2. The number of nitrogens with zero attached hydrogens (tertiary/aromatic N) is 2. The molecule has 0 unspecified atom stereocenters. The molecule has 5 nitrogen and oxygen atoms in total. The minimum Gasteiger partial charge on any atom is -0.371 e. The lowest BCUT2D eigenvalue weighted by atomic mass is 10.1. The molecule has 4 rings (SSSR count). The van der Waals surface area contributed by atoms with E-state index >= 15 is 0 Å². The third kappa shape index (κ3) is 3.87. The zero-order chi connectivity index (χ0) is 16.4. The van der Waals surface area contributed by atoms with Crippen LogP contribution in [-0.2, 0) is 4.74 Å². The topological polar surface area (TPSA) is 62.8 Å². The molecule has 0 amide bonds. The normalized spacial score (nSPS) is 17.1. The quantitative estimate of drug-likeness (QED) is 0.751. The van der Waals surface area contributed by atoms with Crippen LogP contribution in [0, 0.1) is 5.82 Å². The van der Waals surface area contributed by atoms with Crippen LogP contribution < -0.4 is 5.32 Å². The molecule has 1 atom stereocenters. The second kappa shape index (κ2) is 7.74. The molecule has 1 aliphatic heterocycles. The van der Waals surface area contributed by atoms with Crippen molar-refractivity contribution in [1.82, 2.24) is 20.5 Å². The van der Waals surface area contributed by atoms with Crippen molar-refractivity contribution in [2.75, 3.05) is 19.7 Å². The average molecular weight is 361 g/mol. The van der Waals surface area contributed by atoms with Gasteiger partial charge in [0.2, 0.25) is 0 Å². The van der Waals surface area contributed by atoms with Crippen molar-refractivity contribution in [3.63, 3.8) is 0 Å². The van der Waals surface area contributed by atoms with Gasteiger partial charge in [-0.2, -0.15) is 5.10 Å². The van der Waals surface area contributed by atoms with Gasteiger partial charge in [-0.15, -0.1) is 12.4 Å². The van der Waals surface area contributed by atoms with Gasteiger partial charge in [-0.25, -0.2) is 9.37 Å². The van der Waals surface area contributed by atoms with Gasteiger partial charge >= 0.3 is 0 Å². The van der Waals surface area contributed by atoms with Crippen molar-refractivity contribution in [3.05, 3.63) is 59.9 Å². The molecule has 0 bridgehead atoms. The van der Waals surface area contributed by atoms with Gasteiger partial charge in [-0.3, -0.25) is 5.10 Å².